The Bertz CT molecular complexity index is 515. The van der Waals surface area contributed by atoms with E-state index in [1.54, 1.807) is 0 Å². The molecule has 1 fully saturated rings. The molecule has 0 saturated carbocycles. The second-order valence-corrected chi connectivity index (χ2v) is 6.52. The minimum absolute atomic E-state index is 0.148. The molecule has 21 heavy (non-hydrogen) atoms. The highest BCUT2D eigenvalue weighted by Crippen LogP contribution is 2.28. The topological polar surface area (TPSA) is 57.6 Å². The zero-order valence-electron chi connectivity index (χ0n) is 12.1. The van der Waals surface area contributed by atoms with Crippen LogP contribution in [0.25, 0.3) is 0 Å². The van der Waals surface area contributed by atoms with Gasteiger partial charge in [0.25, 0.3) is 0 Å². The van der Waals surface area contributed by atoms with Crippen LogP contribution in [0.4, 0.5) is 4.79 Å². The highest BCUT2D eigenvalue weighted by atomic mass is 79.9. The Morgan fingerprint density at radius 1 is 1.38 bits per heavy atom. The number of carbonyl (C=O) groups is 2. The van der Waals surface area contributed by atoms with Crippen LogP contribution in [0.5, 0.6) is 0 Å². The van der Waals surface area contributed by atoms with E-state index in [1.807, 2.05) is 19.1 Å². The summed E-state index contributed by atoms with van der Waals surface area (Å²) in [6, 6.07) is 8.17. The van der Waals surface area contributed by atoms with E-state index in [9.17, 15) is 9.59 Å². The van der Waals surface area contributed by atoms with Crippen LogP contribution < -0.4 is 0 Å². The highest BCUT2D eigenvalue weighted by Gasteiger charge is 2.36. The molecular formula is C16H20BrNO3. The zero-order valence-corrected chi connectivity index (χ0v) is 13.7. The molecule has 0 aromatic heterocycles. The molecule has 2 atom stereocenters. The molecule has 5 heteroatoms. The van der Waals surface area contributed by atoms with Crippen LogP contribution in [0.15, 0.2) is 28.7 Å². The third kappa shape index (κ3) is 4.06. The van der Waals surface area contributed by atoms with Crippen molar-refractivity contribution in [2.45, 2.75) is 32.6 Å². The molecule has 0 bridgehead atoms. The number of hydrogen-bond donors (Lipinski definition) is 1. The Morgan fingerprint density at radius 3 is 2.62 bits per heavy atom. The van der Waals surface area contributed by atoms with Gasteiger partial charge in [-0.25, -0.2) is 9.69 Å². The van der Waals surface area contributed by atoms with Gasteiger partial charge < -0.3 is 5.11 Å². The average Bonchev–Trinajstić information content (AvgIpc) is 2.47. The number of halogens is 1. The van der Waals surface area contributed by atoms with Crippen LogP contribution in [0.2, 0.25) is 0 Å². The fraction of sp³-hybridized carbons (Fsp3) is 0.500. The first-order chi connectivity index (χ1) is 10.0. The summed E-state index contributed by atoms with van der Waals surface area (Å²) in [4.78, 5) is 24.2. The van der Waals surface area contributed by atoms with E-state index < -0.39 is 6.09 Å². The summed E-state index contributed by atoms with van der Waals surface area (Å²) in [5, 5.41) is 9.16. The minimum atomic E-state index is -1.12. The summed E-state index contributed by atoms with van der Waals surface area (Å²) in [5.41, 5.74) is 1.24. The number of carbonyl (C=O) groups excluding carboxylic acids is 1. The summed E-state index contributed by atoms with van der Waals surface area (Å²) >= 11 is 3.41. The van der Waals surface area contributed by atoms with Crippen LogP contribution >= 0.6 is 15.9 Å². The Balaban J connectivity index is 1.97. The lowest BCUT2D eigenvalue weighted by Gasteiger charge is -2.34. The van der Waals surface area contributed by atoms with E-state index in [-0.39, 0.29) is 17.7 Å². The molecule has 114 valence electrons. The van der Waals surface area contributed by atoms with Gasteiger partial charge in [0.2, 0.25) is 5.91 Å². The van der Waals surface area contributed by atoms with Gasteiger partial charge in [0, 0.05) is 16.9 Å². The van der Waals surface area contributed by atoms with Crippen LogP contribution in [0.1, 0.15) is 31.7 Å². The lowest BCUT2D eigenvalue weighted by molar-refractivity contribution is -0.137. The predicted octanol–water partition coefficient (Wildman–Crippen LogP) is 3.93. The van der Waals surface area contributed by atoms with Crippen LogP contribution in [0.3, 0.4) is 0 Å². The molecular weight excluding hydrogens is 334 g/mol. The van der Waals surface area contributed by atoms with Crippen LogP contribution in [-0.4, -0.2) is 28.6 Å². The van der Waals surface area contributed by atoms with Crippen molar-refractivity contribution in [3.63, 3.8) is 0 Å². The van der Waals surface area contributed by atoms with Gasteiger partial charge in [-0.2, -0.15) is 0 Å². The maximum atomic E-state index is 12.0. The van der Waals surface area contributed by atoms with Crippen molar-refractivity contribution >= 4 is 27.9 Å². The molecule has 1 aliphatic rings. The van der Waals surface area contributed by atoms with Crippen molar-refractivity contribution in [3.05, 3.63) is 34.3 Å². The molecule has 1 aliphatic heterocycles. The van der Waals surface area contributed by atoms with E-state index in [4.69, 9.17) is 5.11 Å². The lowest BCUT2D eigenvalue weighted by atomic mass is 9.84. The van der Waals surface area contributed by atoms with Crippen molar-refractivity contribution in [1.29, 1.82) is 0 Å². The predicted molar refractivity (Wildman–Crippen MR) is 84.1 cm³/mol. The molecule has 1 N–H and O–H groups in total. The van der Waals surface area contributed by atoms with Crippen LogP contribution in [-0.2, 0) is 11.2 Å². The quantitative estimate of drug-likeness (QED) is 0.891. The highest BCUT2D eigenvalue weighted by molar-refractivity contribution is 9.10. The summed E-state index contributed by atoms with van der Waals surface area (Å²) in [5.74, 6) is -0.123. The molecule has 2 amide bonds. The molecule has 0 aliphatic carbocycles. The standard InChI is InChI=1S/C16H20BrNO3/c1-2-13-9-12(10-18(15(13)19)16(20)21)4-3-11-5-7-14(17)8-6-11/h5-8,12-13H,2-4,9-10H2,1H3,(H,20,21)/t12-,13?/m1/s1. The van der Waals surface area contributed by atoms with Crippen molar-refractivity contribution in [3.8, 4) is 0 Å². The second kappa shape index (κ2) is 7.07. The van der Waals surface area contributed by atoms with E-state index in [2.05, 4.69) is 28.1 Å². The van der Waals surface area contributed by atoms with Gasteiger partial charge in [0.05, 0.1) is 0 Å². The monoisotopic (exact) mass is 353 g/mol. The number of aryl methyl sites for hydroxylation is 1. The number of hydrogen-bond acceptors (Lipinski definition) is 2. The fourth-order valence-electron chi connectivity index (χ4n) is 2.89. The van der Waals surface area contributed by atoms with E-state index in [0.29, 0.717) is 13.0 Å². The number of nitrogens with zero attached hydrogens (tertiary/aromatic N) is 1. The van der Waals surface area contributed by atoms with Crippen molar-refractivity contribution in [1.82, 2.24) is 4.90 Å². The summed E-state index contributed by atoms with van der Waals surface area (Å²) in [7, 11) is 0. The number of imide groups is 1. The summed E-state index contributed by atoms with van der Waals surface area (Å²) in [6.45, 7) is 2.28. The number of amides is 2. The third-order valence-electron chi connectivity index (χ3n) is 4.15. The fourth-order valence-corrected chi connectivity index (χ4v) is 3.16. The average molecular weight is 354 g/mol. The lowest BCUT2D eigenvalue weighted by Crippen LogP contribution is -2.47. The molecule has 1 saturated heterocycles. The maximum Gasteiger partial charge on any atom is 0.414 e. The van der Waals surface area contributed by atoms with Gasteiger partial charge in [-0.3, -0.25) is 4.79 Å². The van der Waals surface area contributed by atoms with Crippen molar-refractivity contribution in [2.24, 2.45) is 11.8 Å². The van der Waals surface area contributed by atoms with Gasteiger partial charge in [-0.1, -0.05) is 35.0 Å². The molecule has 1 aromatic rings. The number of carboxylic acid groups (broad SMARTS) is 1. The smallest absolute Gasteiger partial charge is 0.414 e. The molecule has 0 spiro atoms. The van der Waals surface area contributed by atoms with E-state index >= 15 is 0 Å². The van der Waals surface area contributed by atoms with Gasteiger partial charge in [-0.05, 0) is 49.3 Å². The molecule has 4 nitrogen and oxygen atoms in total. The number of rotatable bonds is 4. The second-order valence-electron chi connectivity index (χ2n) is 5.60. The minimum Gasteiger partial charge on any atom is -0.465 e. The molecule has 1 heterocycles. The molecule has 0 radical (unpaired) electrons. The first kappa shape index (κ1) is 16.0. The van der Waals surface area contributed by atoms with Gasteiger partial charge in [-0.15, -0.1) is 0 Å². The van der Waals surface area contributed by atoms with Gasteiger partial charge in [0.15, 0.2) is 0 Å². The maximum absolute atomic E-state index is 12.0. The van der Waals surface area contributed by atoms with E-state index in [0.717, 1.165) is 28.6 Å². The molecule has 2 rings (SSSR count). The first-order valence-electron chi connectivity index (χ1n) is 7.30. The van der Waals surface area contributed by atoms with Crippen molar-refractivity contribution < 1.29 is 14.7 Å². The van der Waals surface area contributed by atoms with Gasteiger partial charge in [0.1, 0.15) is 0 Å². The normalized spacial score (nSPS) is 22.4. The van der Waals surface area contributed by atoms with E-state index in [1.165, 1.54) is 5.56 Å². The Morgan fingerprint density at radius 2 is 2.05 bits per heavy atom. The van der Waals surface area contributed by atoms with Crippen molar-refractivity contribution in [2.75, 3.05) is 6.54 Å². The Hall–Kier alpha value is -1.36. The largest absolute Gasteiger partial charge is 0.465 e. The summed E-state index contributed by atoms with van der Waals surface area (Å²) in [6.07, 6.45) is 2.21. The number of piperidine rings is 1. The Labute approximate surface area is 133 Å². The third-order valence-corrected chi connectivity index (χ3v) is 4.68. The molecule has 1 unspecified atom stereocenters. The number of benzene rings is 1. The van der Waals surface area contributed by atoms with Gasteiger partial charge >= 0.3 is 6.09 Å². The zero-order chi connectivity index (χ0) is 15.4. The molecule has 1 aromatic carbocycles. The Kier molecular flexibility index (Phi) is 5.39. The van der Waals surface area contributed by atoms with Crippen LogP contribution in [0, 0.1) is 11.8 Å². The first-order valence-corrected chi connectivity index (χ1v) is 8.09. The SMILES string of the molecule is CCC1C[C@@H](CCc2ccc(Br)cc2)CN(C(=O)O)C1=O. The summed E-state index contributed by atoms with van der Waals surface area (Å²) < 4.78 is 1.05. The number of likely N-dealkylation sites (tertiary alicyclic amines) is 1.